The normalized spacial score (nSPS) is 10.5. The van der Waals surface area contributed by atoms with Crippen molar-refractivity contribution >= 4 is 17.1 Å². The lowest BCUT2D eigenvalue weighted by Gasteiger charge is -2.01. The first-order valence-electron chi connectivity index (χ1n) is 4.06. The van der Waals surface area contributed by atoms with Crippen LogP contribution in [0.4, 0.5) is 0 Å². The number of ether oxygens (including phenoxy) is 1. The van der Waals surface area contributed by atoms with E-state index in [-0.39, 0.29) is 11.1 Å². The molecule has 0 saturated carbocycles. The van der Waals surface area contributed by atoms with E-state index in [1.807, 2.05) is 0 Å². The number of aromatic amines is 1. The van der Waals surface area contributed by atoms with Crippen molar-refractivity contribution in [3.63, 3.8) is 0 Å². The van der Waals surface area contributed by atoms with E-state index in [0.29, 0.717) is 5.52 Å². The molecule has 6 nitrogen and oxygen atoms in total. The quantitative estimate of drug-likeness (QED) is 0.671. The molecule has 6 heteroatoms. The lowest BCUT2D eigenvalue weighted by molar-refractivity contribution is 0.0597. The second-order valence-electron chi connectivity index (χ2n) is 2.84. The Bertz CT molecular complexity index is 580. The number of phenolic OH excluding ortho intramolecular Hbond substituents is 1. The average molecular weight is 209 g/mol. The molecule has 0 aliphatic heterocycles. The zero-order chi connectivity index (χ0) is 11.0. The number of fused-ring (bicyclic) bond motifs is 1. The van der Waals surface area contributed by atoms with Gasteiger partial charge in [-0.3, -0.25) is 4.98 Å². The number of benzene rings is 1. The molecule has 1 aromatic heterocycles. The van der Waals surface area contributed by atoms with Gasteiger partial charge in [0, 0.05) is 0 Å². The van der Waals surface area contributed by atoms with Crippen molar-refractivity contribution in [3.05, 3.63) is 28.2 Å². The molecule has 0 aliphatic carbocycles. The van der Waals surface area contributed by atoms with Crippen LogP contribution >= 0.6 is 0 Å². The summed E-state index contributed by atoms with van der Waals surface area (Å²) < 4.78 is 9.11. The fourth-order valence-corrected chi connectivity index (χ4v) is 1.28. The number of phenols is 1. The summed E-state index contributed by atoms with van der Waals surface area (Å²) in [5.41, 5.74) is 0.223. The van der Waals surface area contributed by atoms with Crippen molar-refractivity contribution in [2.45, 2.75) is 0 Å². The molecular weight excluding hydrogens is 202 g/mol. The summed E-state index contributed by atoms with van der Waals surface area (Å²) in [7, 11) is 1.19. The lowest BCUT2D eigenvalue weighted by Crippen LogP contribution is -2.01. The van der Waals surface area contributed by atoms with Crippen molar-refractivity contribution < 1.29 is 19.1 Å². The fourth-order valence-electron chi connectivity index (χ4n) is 1.28. The number of nitrogens with one attached hydrogen (secondary N) is 1. The second-order valence-corrected chi connectivity index (χ2v) is 2.84. The molecule has 1 aromatic carbocycles. The molecule has 78 valence electrons. The fraction of sp³-hybridized carbons (Fsp3) is 0.111. The molecule has 2 aromatic rings. The molecule has 2 N–H and O–H groups in total. The Labute approximate surface area is 83.1 Å². The van der Waals surface area contributed by atoms with Gasteiger partial charge in [-0.25, -0.2) is 9.59 Å². The molecule has 0 amide bonds. The topological polar surface area (TPSA) is 92.5 Å². The largest absolute Gasteiger partial charge is 0.504 e. The third-order valence-corrected chi connectivity index (χ3v) is 1.97. The van der Waals surface area contributed by atoms with Crippen molar-refractivity contribution in [1.82, 2.24) is 4.98 Å². The number of carbonyl (C=O) groups is 1. The van der Waals surface area contributed by atoms with Crippen molar-refractivity contribution in [1.29, 1.82) is 0 Å². The number of esters is 1. The molecule has 0 bridgehead atoms. The molecular formula is C9H7NO5. The molecule has 0 saturated heterocycles. The maximum absolute atomic E-state index is 11.2. The lowest BCUT2D eigenvalue weighted by atomic mass is 10.2. The van der Waals surface area contributed by atoms with Gasteiger partial charge in [-0.2, -0.15) is 0 Å². The van der Waals surface area contributed by atoms with Crippen LogP contribution in [0.5, 0.6) is 5.75 Å². The molecule has 0 aliphatic rings. The molecule has 0 fully saturated rings. The SMILES string of the molecule is COC(=O)c1ccc2[nH]c(=O)oc2c1O. The predicted octanol–water partition coefficient (Wildman–Crippen LogP) is 0.613. The summed E-state index contributed by atoms with van der Waals surface area (Å²) in [6.45, 7) is 0. The standard InChI is InChI=1S/C9H7NO5/c1-14-8(12)4-2-3-5-7(6(4)11)15-9(13)10-5/h2-3,11H,1H3,(H,10,13). The van der Waals surface area contributed by atoms with Crippen molar-refractivity contribution in [2.24, 2.45) is 0 Å². The monoisotopic (exact) mass is 209 g/mol. The maximum atomic E-state index is 11.2. The van der Waals surface area contributed by atoms with E-state index in [4.69, 9.17) is 0 Å². The summed E-state index contributed by atoms with van der Waals surface area (Å²) in [6, 6.07) is 2.79. The van der Waals surface area contributed by atoms with E-state index in [1.165, 1.54) is 19.2 Å². The Hall–Kier alpha value is -2.24. The molecule has 0 unspecified atom stereocenters. The average Bonchev–Trinajstić information content (AvgIpc) is 2.59. The number of hydrogen-bond donors (Lipinski definition) is 2. The number of aromatic nitrogens is 1. The number of aromatic hydroxyl groups is 1. The van der Waals surface area contributed by atoms with Gasteiger partial charge in [-0.15, -0.1) is 0 Å². The van der Waals surface area contributed by atoms with Gasteiger partial charge in [0.2, 0.25) is 0 Å². The van der Waals surface area contributed by atoms with E-state index >= 15 is 0 Å². The summed E-state index contributed by atoms with van der Waals surface area (Å²) in [4.78, 5) is 24.4. The number of hydrogen-bond acceptors (Lipinski definition) is 5. The zero-order valence-electron chi connectivity index (χ0n) is 7.73. The molecule has 0 spiro atoms. The second kappa shape index (κ2) is 3.16. The third-order valence-electron chi connectivity index (χ3n) is 1.97. The van der Waals surface area contributed by atoms with E-state index in [2.05, 4.69) is 14.1 Å². The molecule has 15 heavy (non-hydrogen) atoms. The van der Waals surface area contributed by atoms with Gasteiger partial charge in [0.05, 0.1) is 12.6 Å². The third kappa shape index (κ3) is 1.35. The van der Waals surface area contributed by atoms with Crippen LogP contribution in [0.2, 0.25) is 0 Å². The molecule has 0 radical (unpaired) electrons. The Balaban J connectivity index is 2.74. The Morgan fingerprint density at radius 3 is 2.93 bits per heavy atom. The highest BCUT2D eigenvalue weighted by atomic mass is 16.5. The number of oxazole rings is 1. The first-order valence-corrected chi connectivity index (χ1v) is 4.06. The number of H-pyrrole nitrogens is 1. The van der Waals surface area contributed by atoms with Gasteiger partial charge in [0.1, 0.15) is 5.56 Å². The highest BCUT2D eigenvalue weighted by molar-refractivity contribution is 5.98. The van der Waals surface area contributed by atoms with E-state index in [0.717, 1.165) is 0 Å². The molecule has 1 heterocycles. The highest BCUT2D eigenvalue weighted by Gasteiger charge is 2.16. The van der Waals surface area contributed by atoms with Crippen LogP contribution in [0.15, 0.2) is 21.3 Å². The first kappa shape index (κ1) is 9.32. The van der Waals surface area contributed by atoms with Gasteiger partial charge in [0.25, 0.3) is 0 Å². The minimum atomic E-state index is -0.696. The van der Waals surface area contributed by atoms with Crippen molar-refractivity contribution in [3.8, 4) is 5.75 Å². The summed E-state index contributed by atoms with van der Waals surface area (Å²) in [5.74, 6) is -1.79. The number of carbonyl (C=O) groups excluding carboxylic acids is 1. The maximum Gasteiger partial charge on any atom is 0.417 e. The zero-order valence-corrected chi connectivity index (χ0v) is 7.73. The molecule has 0 atom stereocenters. The number of methoxy groups -OCH3 is 1. The van der Waals surface area contributed by atoms with Crippen LogP contribution in [0, 0.1) is 0 Å². The van der Waals surface area contributed by atoms with Gasteiger partial charge >= 0.3 is 11.7 Å². The Morgan fingerprint density at radius 2 is 2.27 bits per heavy atom. The predicted molar refractivity (Wildman–Crippen MR) is 49.8 cm³/mol. The van der Waals surface area contributed by atoms with Crippen LogP contribution in [0.25, 0.3) is 11.1 Å². The minimum absolute atomic E-state index is 0.0484. The number of rotatable bonds is 1. The Kier molecular flexibility index (Phi) is 1.96. The van der Waals surface area contributed by atoms with Crippen molar-refractivity contribution in [2.75, 3.05) is 7.11 Å². The van der Waals surface area contributed by atoms with Crippen LogP contribution in [-0.4, -0.2) is 23.2 Å². The summed E-state index contributed by atoms with van der Waals surface area (Å²) >= 11 is 0. The molecule has 2 rings (SSSR count). The van der Waals surface area contributed by atoms with Gasteiger partial charge in [-0.1, -0.05) is 0 Å². The van der Waals surface area contributed by atoms with Gasteiger partial charge in [0.15, 0.2) is 11.3 Å². The smallest absolute Gasteiger partial charge is 0.417 e. The minimum Gasteiger partial charge on any atom is -0.504 e. The van der Waals surface area contributed by atoms with E-state index in [9.17, 15) is 14.7 Å². The summed E-state index contributed by atoms with van der Waals surface area (Å²) in [5, 5.41) is 9.61. The van der Waals surface area contributed by atoms with Gasteiger partial charge in [-0.05, 0) is 12.1 Å². The highest BCUT2D eigenvalue weighted by Crippen LogP contribution is 2.27. The van der Waals surface area contributed by atoms with Crippen LogP contribution in [0.1, 0.15) is 10.4 Å². The van der Waals surface area contributed by atoms with E-state index < -0.39 is 17.5 Å². The van der Waals surface area contributed by atoms with Crippen LogP contribution in [-0.2, 0) is 4.74 Å². The Morgan fingerprint density at radius 1 is 1.53 bits per heavy atom. The summed E-state index contributed by atoms with van der Waals surface area (Å²) in [6.07, 6.45) is 0. The van der Waals surface area contributed by atoms with E-state index in [1.54, 1.807) is 0 Å². The van der Waals surface area contributed by atoms with Gasteiger partial charge < -0.3 is 14.3 Å². The van der Waals surface area contributed by atoms with Crippen LogP contribution in [0.3, 0.4) is 0 Å². The first-order chi connectivity index (χ1) is 7.13. The van der Waals surface area contributed by atoms with Crippen LogP contribution < -0.4 is 5.76 Å².